The van der Waals surface area contributed by atoms with E-state index in [1.54, 1.807) is 0 Å². The van der Waals surface area contributed by atoms with Crippen LogP contribution in [0.1, 0.15) is 51.4 Å². The van der Waals surface area contributed by atoms with Crippen molar-refractivity contribution in [1.29, 1.82) is 0 Å². The van der Waals surface area contributed by atoms with Crippen LogP contribution in [0.2, 0.25) is 0 Å². The number of hydrogen-bond donors (Lipinski definition) is 3. The summed E-state index contributed by atoms with van der Waals surface area (Å²) in [4.78, 5) is 29.3. The third-order valence-electron chi connectivity index (χ3n) is 6.23. The summed E-state index contributed by atoms with van der Waals surface area (Å²) in [5.74, 6) is 0. The highest BCUT2D eigenvalue weighted by molar-refractivity contribution is 5.70. The van der Waals surface area contributed by atoms with Crippen molar-refractivity contribution in [3.63, 3.8) is 0 Å². The van der Waals surface area contributed by atoms with Crippen molar-refractivity contribution >= 4 is 17.9 Å². The average Bonchev–Trinajstić information content (AvgIpc) is 3.08. The molecule has 1 unspecified atom stereocenters. The first-order valence-corrected chi connectivity index (χ1v) is 10.6. The molecule has 2 aliphatic heterocycles. The van der Waals surface area contributed by atoms with Gasteiger partial charge in [-0.15, -0.1) is 0 Å². The Morgan fingerprint density at radius 1 is 1.13 bits per heavy atom. The predicted molar refractivity (Wildman–Crippen MR) is 110 cm³/mol. The summed E-state index contributed by atoms with van der Waals surface area (Å²) in [7, 11) is 0. The second-order valence-corrected chi connectivity index (χ2v) is 8.35. The molecule has 1 aromatic rings. The smallest absolute Gasteiger partial charge is 0.450 e. The van der Waals surface area contributed by atoms with Gasteiger partial charge in [-0.05, 0) is 37.8 Å². The normalized spacial score (nSPS) is 24.0. The number of aromatic nitrogens is 1. The minimum absolute atomic E-state index is 0.163. The maximum atomic E-state index is 12.4. The van der Waals surface area contributed by atoms with Crippen LogP contribution in [0.4, 0.5) is 15.3 Å². The standard InChI is InChI=1S/C20H29N3O3.CH2O3/c24-19-23(15-18(26-19)14-20(25)8-2-1-3-9-20)17-6-12-22(13-7-17)16-4-10-21-11-5-16;2-1(3)4/h4-5,10-11,17-18,25H,1-3,6-9,12-15H2;(H2,2,3,4). The fraction of sp³-hybridized carbons (Fsp3) is 0.667. The average molecular weight is 421 g/mol. The predicted octanol–water partition coefficient (Wildman–Crippen LogP) is 3.18. The first-order chi connectivity index (χ1) is 14.4. The summed E-state index contributed by atoms with van der Waals surface area (Å²) in [6.45, 7) is 2.50. The third kappa shape index (κ3) is 5.98. The molecule has 9 heteroatoms. The van der Waals surface area contributed by atoms with E-state index in [-0.39, 0.29) is 18.2 Å². The highest BCUT2D eigenvalue weighted by Crippen LogP contribution is 2.35. The third-order valence-corrected chi connectivity index (χ3v) is 6.23. The topological polar surface area (TPSA) is 123 Å². The number of carbonyl (C=O) groups excluding carboxylic acids is 1. The molecule has 3 aliphatic rings. The summed E-state index contributed by atoms with van der Waals surface area (Å²) in [6, 6.07) is 4.31. The number of aliphatic hydroxyl groups is 1. The Morgan fingerprint density at radius 2 is 1.73 bits per heavy atom. The molecule has 3 fully saturated rings. The Kier molecular flexibility index (Phi) is 7.36. The number of anilines is 1. The van der Waals surface area contributed by atoms with Gasteiger partial charge in [0.1, 0.15) is 6.10 Å². The first kappa shape index (κ1) is 22.1. The zero-order valence-electron chi connectivity index (χ0n) is 17.2. The molecule has 1 atom stereocenters. The van der Waals surface area contributed by atoms with Gasteiger partial charge in [0.2, 0.25) is 0 Å². The molecule has 0 aromatic carbocycles. The molecule has 0 radical (unpaired) electrons. The Morgan fingerprint density at radius 3 is 2.33 bits per heavy atom. The van der Waals surface area contributed by atoms with E-state index in [1.807, 2.05) is 29.4 Å². The number of carbonyl (C=O) groups is 2. The SMILES string of the molecule is O=C(O)O.O=C1OC(CC2(O)CCCCC2)CN1C1CCN(c2ccncc2)CC1. The van der Waals surface area contributed by atoms with Crippen LogP contribution in [-0.4, -0.2) is 74.8 Å². The molecule has 1 aliphatic carbocycles. The number of hydrogen-bond acceptors (Lipinski definition) is 6. The summed E-state index contributed by atoms with van der Waals surface area (Å²) in [5, 5.41) is 24.7. The van der Waals surface area contributed by atoms with Crippen molar-refractivity contribution in [2.24, 2.45) is 0 Å². The molecule has 1 amide bonds. The zero-order chi connectivity index (χ0) is 21.6. The molecule has 0 bridgehead atoms. The number of rotatable bonds is 4. The molecule has 4 rings (SSSR count). The van der Waals surface area contributed by atoms with Crippen molar-refractivity contribution in [3.8, 4) is 0 Å². The fourth-order valence-electron chi connectivity index (χ4n) is 4.77. The van der Waals surface area contributed by atoms with Gasteiger partial charge >= 0.3 is 12.2 Å². The van der Waals surface area contributed by atoms with Crippen LogP contribution in [0.5, 0.6) is 0 Å². The van der Waals surface area contributed by atoms with Gasteiger partial charge in [0.25, 0.3) is 0 Å². The van der Waals surface area contributed by atoms with E-state index < -0.39 is 11.8 Å². The minimum atomic E-state index is -1.83. The summed E-state index contributed by atoms with van der Waals surface area (Å²) in [6.07, 6.45) is 8.97. The molecule has 9 nitrogen and oxygen atoms in total. The van der Waals surface area contributed by atoms with E-state index in [0.717, 1.165) is 51.6 Å². The summed E-state index contributed by atoms with van der Waals surface area (Å²) in [5.41, 5.74) is 0.559. The Hall–Kier alpha value is -2.55. The fourth-order valence-corrected chi connectivity index (χ4v) is 4.77. The molecule has 1 saturated carbocycles. The van der Waals surface area contributed by atoms with Gasteiger partial charge in [0, 0.05) is 43.6 Å². The van der Waals surface area contributed by atoms with Crippen molar-refractivity contribution in [2.45, 2.75) is 69.1 Å². The molecular weight excluding hydrogens is 390 g/mol. The van der Waals surface area contributed by atoms with E-state index in [4.69, 9.17) is 19.7 Å². The quantitative estimate of drug-likeness (QED) is 0.677. The molecule has 3 N–H and O–H groups in total. The second-order valence-electron chi connectivity index (χ2n) is 8.35. The number of pyridine rings is 1. The van der Waals surface area contributed by atoms with Crippen LogP contribution in [0, 0.1) is 0 Å². The van der Waals surface area contributed by atoms with Gasteiger partial charge in [-0.2, -0.15) is 0 Å². The Labute approximate surface area is 176 Å². The van der Waals surface area contributed by atoms with Crippen molar-refractivity contribution in [1.82, 2.24) is 9.88 Å². The van der Waals surface area contributed by atoms with Crippen molar-refractivity contribution in [3.05, 3.63) is 24.5 Å². The van der Waals surface area contributed by atoms with Crippen LogP contribution in [0.25, 0.3) is 0 Å². The molecule has 2 saturated heterocycles. The lowest BCUT2D eigenvalue weighted by atomic mass is 9.81. The lowest BCUT2D eigenvalue weighted by Gasteiger charge is -2.37. The number of cyclic esters (lactones) is 1. The lowest BCUT2D eigenvalue weighted by molar-refractivity contribution is -0.0316. The van der Waals surface area contributed by atoms with Crippen molar-refractivity contribution < 1.29 is 29.6 Å². The van der Waals surface area contributed by atoms with Gasteiger partial charge in [0.15, 0.2) is 0 Å². The van der Waals surface area contributed by atoms with E-state index in [9.17, 15) is 9.90 Å². The number of nitrogens with zero attached hydrogens (tertiary/aromatic N) is 3. The molecule has 0 spiro atoms. The van der Waals surface area contributed by atoms with Gasteiger partial charge in [-0.1, -0.05) is 19.3 Å². The second kappa shape index (κ2) is 9.97. The van der Waals surface area contributed by atoms with E-state index >= 15 is 0 Å². The lowest BCUT2D eigenvalue weighted by Crippen LogP contribution is -2.46. The van der Waals surface area contributed by atoms with Crippen LogP contribution < -0.4 is 4.90 Å². The zero-order valence-corrected chi connectivity index (χ0v) is 17.2. The number of carboxylic acid groups (broad SMARTS) is 2. The molecule has 30 heavy (non-hydrogen) atoms. The molecule has 1 aromatic heterocycles. The van der Waals surface area contributed by atoms with Crippen LogP contribution in [0.3, 0.4) is 0 Å². The maximum Gasteiger partial charge on any atom is 0.503 e. The van der Waals surface area contributed by atoms with Crippen LogP contribution in [0.15, 0.2) is 24.5 Å². The van der Waals surface area contributed by atoms with E-state index in [2.05, 4.69) is 9.88 Å². The highest BCUT2D eigenvalue weighted by atomic mass is 16.6. The number of ether oxygens (including phenoxy) is 1. The highest BCUT2D eigenvalue weighted by Gasteiger charge is 2.41. The van der Waals surface area contributed by atoms with Crippen molar-refractivity contribution in [2.75, 3.05) is 24.5 Å². The summed E-state index contributed by atoms with van der Waals surface area (Å²) < 4.78 is 5.61. The molecule has 166 valence electrons. The molecule has 3 heterocycles. The number of amides is 1. The van der Waals surface area contributed by atoms with Gasteiger partial charge in [-0.25, -0.2) is 9.59 Å². The largest absolute Gasteiger partial charge is 0.503 e. The van der Waals surface area contributed by atoms with E-state index in [0.29, 0.717) is 13.0 Å². The monoisotopic (exact) mass is 421 g/mol. The van der Waals surface area contributed by atoms with Crippen LogP contribution in [-0.2, 0) is 4.74 Å². The first-order valence-electron chi connectivity index (χ1n) is 10.6. The van der Waals surface area contributed by atoms with Gasteiger partial charge < -0.3 is 29.9 Å². The number of piperidine rings is 1. The molecular formula is C21H31N3O6. The summed E-state index contributed by atoms with van der Waals surface area (Å²) >= 11 is 0. The van der Waals surface area contributed by atoms with Gasteiger partial charge in [0.05, 0.1) is 12.1 Å². The van der Waals surface area contributed by atoms with Gasteiger partial charge in [-0.3, -0.25) is 4.98 Å². The van der Waals surface area contributed by atoms with E-state index in [1.165, 1.54) is 12.1 Å². The van der Waals surface area contributed by atoms with Crippen LogP contribution >= 0.6 is 0 Å². The minimum Gasteiger partial charge on any atom is -0.450 e. The Balaban J connectivity index is 0.000000589. The Bertz CT molecular complexity index is 698. The maximum absolute atomic E-state index is 12.4.